The summed E-state index contributed by atoms with van der Waals surface area (Å²) in [6.07, 6.45) is 2.95. The quantitative estimate of drug-likeness (QED) is 0.839. The van der Waals surface area contributed by atoms with Crippen LogP contribution < -0.4 is 0 Å². The Labute approximate surface area is 151 Å². The third-order valence-corrected chi connectivity index (χ3v) is 4.96. The first-order valence-electron chi connectivity index (χ1n) is 8.93. The van der Waals surface area contributed by atoms with Crippen molar-refractivity contribution in [1.29, 1.82) is 0 Å². The summed E-state index contributed by atoms with van der Waals surface area (Å²) >= 11 is 0. The monoisotopic (exact) mass is 355 g/mol. The van der Waals surface area contributed by atoms with Crippen LogP contribution >= 0.6 is 0 Å². The van der Waals surface area contributed by atoms with Gasteiger partial charge in [-0.15, -0.1) is 0 Å². The zero-order valence-corrected chi connectivity index (χ0v) is 14.5. The van der Waals surface area contributed by atoms with Crippen LogP contribution in [0.25, 0.3) is 11.3 Å². The second-order valence-corrected chi connectivity index (χ2v) is 6.53. The Balaban J connectivity index is 1.56. The molecule has 1 atom stereocenters. The number of hydrogen-bond acceptors (Lipinski definition) is 5. The van der Waals surface area contributed by atoms with E-state index in [1.54, 1.807) is 9.80 Å². The van der Waals surface area contributed by atoms with Crippen molar-refractivity contribution in [2.45, 2.75) is 18.9 Å². The lowest BCUT2D eigenvalue weighted by Gasteiger charge is -2.32. The Kier molecular flexibility index (Phi) is 4.71. The molecule has 136 valence electrons. The van der Waals surface area contributed by atoms with Crippen LogP contribution in [0, 0.1) is 0 Å². The molecule has 0 N–H and O–H groups in total. The molecule has 1 aromatic heterocycles. The lowest BCUT2D eigenvalue weighted by atomic mass is 10.1. The maximum atomic E-state index is 13.1. The summed E-state index contributed by atoms with van der Waals surface area (Å²) in [5.41, 5.74) is 1.20. The summed E-state index contributed by atoms with van der Waals surface area (Å²) in [6.45, 7) is 2.84. The Morgan fingerprint density at radius 1 is 1.08 bits per heavy atom. The van der Waals surface area contributed by atoms with Crippen LogP contribution in [0.15, 0.2) is 41.1 Å². The molecule has 7 heteroatoms. The molecule has 2 aliphatic heterocycles. The van der Waals surface area contributed by atoms with E-state index >= 15 is 0 Å². The number of hydrogen-bond donors (Lipinski definition) is 0. The number of morpholine rings is 1. The third kappa shape index (κ3) is 3.10. The summed E-state index contributed by atoms with van der Waals surface area (Å²) in [7, 11) is 0. The van der Waals surface area contributed by atoms with E-state index < -0.39 is 6.04 Å². The van der Waals surface area contributed by atoms with Crippen LogP contribution in [-0.4, -0.2) is 65.7 Å². The van der Waals surface area contributed by atoms with Gasteiger partial charge in [-0.2, -0.15) is 0 Å². The number of nitrogens with zero attached hydrogens (tertiary/aromatic N) is 3. The van der Waals surface area contributed by atoms with E-state index in [9.17, 15) is 9.59 Å². The Bertz CT molecular complexity index is 783. The first kappa shape index (κ1) is 16.8. The topological polar surface area (TPSA) is 75.9 Å². The number of aromatic nitrogens is 1. The minimum atomic E-state index is -0.417. The second-order valence-electron chi connectivity index (χ2n) is 6.53. The van der Waals surface area contributed by atoms with Gasteiger partial charge in [0.25, 0.3) is 5.91 Å². The van der Waals surface area contributed by atoms with Gasteiger partial charge >= 0.3 is 0 Å². The number of amides is 2. The lowest BCUT2D eigenvalue weighted by Crippen LogP contribution is -2.51. The van der Waals surface area contributed by atoms with Gasteiger partial charge in [0, 0.05) is 25.2 Å². The molecule has 3 heterocycles. The van der Waals surface area contributed by atoms with Crippen molar-refractivity contribution in [3.05, 3.63) is 42.1 Å². The van der Waals surface area contributed by atoms with Gasteiger partial charge in [-0.25, -0.2) is 0 Å². The molecule has 1 aromatic carbocycles. The Hall–Kier alpha value is -2.67. The maximum absolute atomic E-state index is 13.1. The Morgan fingerprint density at radius 2 is 1.85 bits per heavy atom. The van der Waals surface area contributed by atoms with Gasteiger partial charge in [-0.05, 0) is 12.8 Å². The number of carbonyl (C=O) groups is 2. The molecule has 26 heavy (non-hydrogen) atoms. The minimum Gasteiger partial charge on any atom is -0.378 e. The van der Waals surface area contributed by atoms with Crippen LogP contribution in [0.5, 0.6) is 0 Å². The third-order valence-electron chi connectivity index (χ3n) is 4.96. The molecule has 0 unspecified atom stereocenters. The van der Waals surface area contributed by atoms with E-state index in [0.29, 0.717) is 50.6 Å². The van der Waals surface area contributed by atoms with Gasteiger partial charge in [0.15, 0.2) is 5.76 Å². The highest BCUT2D eigenvalue weighted by molar-refractivity contribution is 6.01. The zero-order valence-electron chi connectivity index (χ0n) is 14.5. The van der Waals surface area contributed by atoms with Crippen molar-refractivity contribution >= 4 is 11.8 Å². The fraction of sp³-hybridized carbons (Fsp3) is 0.421. The molecule has 7 nitrogen and oxygen atoms in total. The van der Waals surface area contributed by atoms with Crippen LogP contribution in [0.2, 0.25) is 0 Å². The molecule has 2 aromatic rings. The van der Waals surface area contributed by atoms with E-state index in [0.717, 1.165) is 12.0 Å². The summed E-state index contributed by atoms with van der Waals surface area (Å²) < 4.78 is 10.6. The van der Waals surface area contributed by atoms with Gasteiger partial charge in [0.05, 0.1) is 19.4 Å². The van der Waals surface area contributed by atoms with E-state index in [-0.39, 0.29) is 11.8 Å². The molecule has 2 fully saturated rings. The summed E-state index contributed by atoms with van der Waals surface area (Å²) in [5, 5.41) is 3.82. The van der Waals surface area contributed by atoms with E-state index in [2.05, 4.69) is 5.16 Å². The SMILES string of the molecule is O=C([C@@H]1CCCN1C(=O)c1cnoc1-c1ccccc1)N1CCOCC1. The molecule has 2 amide bonds. The predicted octanol–water partition coefficient (Wildman–Crippen LogP) is 1.81. The van der Waals surface area contributed by atoms with Gasteiger partial charge in [0.1, 0.15) is 11.6 Å². The standard InChI is InChI=1S/C19H21N3O4/c23-18(15-13-20-26-17(15)14-5-2-1-3-6-14)22-8-4-7-16(22)19(24)21-9-11-25-12-10-21/h1-3,5-6,13,16H,4,7-12H2/t16-/m0/s1. The van der Waals surface area contributed by atoms with Crippen molar-refractivity contribution in [2.75, 3.05) is 32.8 Å². The summed E-state index contributed by atoms with van der Waals surface area (Å²) in [5.74, 6) is 0.256. The summed E-state index contributed by atoms with van der Waals surface area (Å²) in [6, 6.07) is 8.99. The van der Waals surface area contributed by atoms with Gasteiger partial charge in [-0.3, -0.25) is 9.59 Å². The number of benzene rings is 1. The Morgan fingerprint density at radius 3 is 2.62 bits per heavy atom. The van der Waals surface area contributed by atoms with Gasteiger partial charge < -0.3 is 19.1 Å². The van der Waals surface area contributed by atoms with Gasteiger partial charge in [0.2, 0.25) is 5.91 Å². The molecule has 2 saturated heterocycles. The van der Waals surface area contributed by atoms with Crippen LogP contribution in [0.4, 0.5) is 0 Å². The van der Waals surface area contributed by atoms with Crippen molar-refractivity contribution < 1.29 is 18.8 Å². The largest absolute Gasteiger partial charge is 0.378 e. The second kappa shape index (κ2) is 7.29. The molecule has 0 saturated carbocycles. The highest BCUT2D eigenvalue weighted by atomic mass is 16.5. The number of carbonyl (C=O) groups excluding carboxylic acids is 2. The van der Waals surface area contributed by atoms with Crippen LogP contribution in [0.1, 0.15) is 23.2 Å². The van der Waals surface area contributed by atoms with E-state index in [4.69, 9.17) is 9.26 Å². The average molecular weight is 355 g/mol. The molecule has 4 rings (SSSR count). The van der Waals surface area contributed by atoms with Gasteiger partial charge in [-0.1, -0.05) is 35.5 Å². The highest BCUT2D eigenvalue weighted by Crippen LogP contribution is 2.28. The van der Waals surface area contributed by atoms with Crippen LogP contribution in [0.3, 0.4) is 0 Å². The minimum absolute atomic E-state index is 0.0110. The maximum Gasteiger partial charge on any atom is 0.260 e. The summed E-state index contributed by atoms with van der Waals surface area (Å²) in [4.78, 5) is 29.5. The fourth-order valence-corrected chi connectivity index (χ4v) is 3.61. The number of rotatable bonds is 3. The first-order chi connectivity index (χ1) is 12.8. The predicted molar refractivity (Wildman–Crippen MR) is 93.4 cm³/mol. The smallest absolute Gasteiger partial charge is 0.260 e. The van der Waals surface area contributed by atoms with Crippen molar-refractivity contribution in [3.63, 3.8) is 0 Å². The van der Waals surface area contributed by atoms with E-state index in [1.807, 2.05) is 30.3 Å². The van der Waals surface area contributed by atoms with E-state index in [1.165, 1.54) is 6.20 Å². The zero-order chi connectivity index (χ0) is 17.9. The highest BCUT2D eigenvalue weighted by Gasteiger charge is 2.38. The molecule has 0 spiro atoms. The number of likely N-dealkylation sites (tertiary alicyclic amines) is 1. The first-order valence-corrected chi connectivity index (χ1v) is 8.93. The normalized spacial score (nSPS) is 20.4. The molecule has 0 radical (unpaired) electrons. The average Bonchev–Trinajstić information content (AvgIpc) is 3.38. The van der Waals surface area contributed by atoms with Crippen LogP contribution in [-0.2, 0) is 9.53 Å². The number of ether oxygens (including phenoxy) is 1. The molecular formula is C19H21N3O4. The van der Waals surface area contributed by atoms with Crippen molar-refractivity contribution in [2.24, 2.45) is 0 Å². The molecule has 2 aliphatic rings. The lowest BCUT2D eigenvalue weighted by molar-refractivity contribution is -0.139. The fourth-order valence-electron chi connectivity index (χ4n) is 3.61. The van der Waals surface area contributed by atoms with Crippen molar-refractivity contribution in [3.8, 4) is 11.3 Å². The molecular weight excluding hydrogens is 334 g/mol. The van der Waals surface area contributed by atoms with Crippen molar-refractivity contribution in [1.82, 2.24) is 15.0 Å². The molecule has 0 aliphatic carbocycles. The molecule has 0 bridgehead atoms.